The summed E-state index contributed by atoms with van der Waals surface area (Å²) in [5.41, 5.74) is 5.80. The van der Waals surface area contributed by atoms with Crippen LogP contribution >= 0.6 is 27.5 Å². The second kappa shape index (κ2) is 7.33. The summed E-state index contributed by atoms with van der Waals surface area (Å²) >= 11 is 9.17. The zero-order chi connectivity index (χ0) is 16.1. The second-order valence-electron chi connectivity index (χ2n) is 4.46. The fourth-order valence-electron chi connectivity index (χ4n) is 1.59. The molecule has 0 bridgehead atoms. The van der Waals surface area contributed by atoms with Crippen molar-refractivity contribution in [1.29, 1.82) is 0 Å². The number of H-pyrrole nitrogens is 1. The van der Waals surface area contributed by atoms with Gasteiger partial charge in [0.25, 0.3) is 11.8 Å². The fourth-order valence-corrected chi connectivity index (χ4v) is 2.11. The summed E-state index contributed by atoms with van der Waals surface area (Å²) < 4.78 is 6.05. The number of aryl methyl sites for hydroxylation is 1. The normalized spacial score (nSPS) is 10.1. The first-order valence-corrected chi connectivity index (χ1v) is 7.45. The number of rotatable bonds is 4. The van der Waals surface area contributed by atoms with Crippen molar-refractivity contribution >= 4 is 39.3 Å². The number of benzene rings is 1. The number of amides is 2. The van der Waals surface area contributed by atoms with E-state index < -0.39 is 11.8 Å². The van der Waals surface area contributed by atoms with Crippen molar-refractivity contribution in [2.24, 2.45) is 0 Å². The van der Waals surface area contributed by atoms with E-state index in [0.717, 1.165) is 10.0 Å². The highest BCUT2D eigenvalue weighted by Gasteiger charge is 2.10. The molecule has 3 N–H and O–H groups in total. The summed E-state index contributed by atoms with van der Waals surface area (Å²) in [6.07, 6.45) is 1.61. The van der Waals surface area contributed by atoms with Crippen molar-refractivity contribution in [2.45, 2.75) is 6.92 Å². The maximum atomic E-state index is 11.7. The number of ether oxygens (including phenoxy) is 1. The van der Waals surface area contributed by atoms with Gasteiger partial charge in [0, 0.05) is 10.7 Å². The SMILES string of the molecule is Cc1ccc(Cl)c(OCC(=O)NNC(=O)c2cc(Br)c[nH]2)c1. The maximum Gasteiger partial charge on any atom is 0.286 e. The standard InChI is InChI=1S/C14H13BrClN3O3/c1-8-2-3-10(16)12(4-8)22-7-13(20)18-19-14(21)11-5-9(15)6-17-11/h2-6,17H,7H2,1H3,(H,18,20)(H,19,21). The van der Waals surface area contributed by atoms with E-state index in [9.17, 15) is 9.59 Å². The van der Waals surface area contributed by atoms with Crippen molar-refractivity contribution in [3.8, 4) is 5.75 Å². The number of hydrazine groups is 1. The van der Waals surface area contributed by atoms with Gasteiger partial charge in [0.05, 0.1) is 5.02 Å². The number of nitrogens with one attached hydrogen (secondary N) is 3. The van der Waals surface area contributed by atoms with Crippen LogP contribution in [-0.2, 0) is 4.79 Å². The molecule has 0 aliphatic carbocycles. The van der Waals surface area contributed by atoms with Crippen molar-refractivity contribution < 1.29 is 14.3 Å². The molecular weight excluding hydrogens is 374 g/mol. The number of aromatic amines is 1. The Labute approximate surface area is 140 Å². The van der Waals surface area contributed by atoms with Crippen LogP contribution in [0.5, 0.6) is 5.75 Å². The number of aromatic nitrogens is 1. The minimum Gasteiger partial charge on any atom is -0.482 e. The maximum absolute atomic E-state index is 11.7. The van der Waals surface area contributed by atoms with Crippen molar-refractivity contribution in [3.63, 3.8) is 0 Å². The topological polar surface area (TPSA) is 83.2 Å². The Balaban J connectivity index is 1.81. The van der Waals surface area contributed by atoms with Crippen LogP contribution in [0.2, 0.25) is 5.02 Å². The van der Waals surface area contributed by atoms with Gasteiger partial charge in [0.1, 0.15) is 11.4 Å². The van der Waals surface area contributed by atoms with E-state index in [2.05, 4.69) is 31.8 Å². The van der Waals surface area contributed by atoms with Gasteiger partial charge >= 0.3 is 0 Å². The number of hydrogen-bond acceptors (Lipinski definition) is 3. The monoisotopic (exact) mass is 385 g/mol. The number of carbonyl (C=O) groups excluding carboxylic acids is 2. The van der Waals surface area contributed by atoms with Crippen molar-refractivity contribution in [2.75, 3.05) is 6.61 Å². The van der Waals surface area contributed by atoms with E-state index in [1.807, 2.05) is 13.0 Å². The zero-order valence-corrected chi connectivity index (χ0v) is 13.9. The third kappa shape index (κ3) is 4.51. The Bertz CT molecular complexity index is 702. The Morgan fingerprint density at radius 1 is 1.32 bits per heavy atom. The summed E-state index contributed by atoms with van der Waals surface area (Å²) in [7, 11) is 0. The van der Waals surface area contributed by atoms with E-state index >= 15 is 0 Å². The van der Waals surface area contributed by atoms with E-state index in [4.69, 9.17) is 16.3 Å². The minimum atomic E-state index is -0.503. The molecule has 0 saturated heterocycles. The summed E-state index contributed by atoms with van der Waals surface area (Å²) in [5.74, 6) is -0.555. The Kier molecular flexibility index (Phi) is 5.46. The minimum absolute atomic E-state index is 0.266. The summed E-state index contributed by atoms with van der Waals surface area (Å²) in [6, 6.07) is 6.84. The average molecular weight is 387 g/mol. The molecule has 0 saturated carbocycles. The van der Waals surface area contributed by atoms with Gasteiger partial charge in [-0.25, -0.2) is 0 Å². The molecule has 22 heavy (non-hydrogen) atoms. The van der Waals surface area contributed by atoms with E-state index in [1.165, 1.54) is 0 Å². The lowest BCUT2D eigenvalue weighted by Crippen LogP contribution is -2.43. The van der Waals surface area contributed by atoms with Crippen LogP contribution < -0.4 is 15.6 Å². The number of carbonyl (C=O) groups is 2. The molecule has 1 heterocycles. The summed E-state index contributed by atoms with van der Waals surface area (Å²) in [5, 5.41) is 0.415. The molecule has 0 unspecified atom stereocenters. The molecule has 0 spiro atoms. The molecule has 2 rings (SSSR count). The van der Waals surface area contributed by atoms with Gasteiger partial charge in [-0.3, -0.25) is 20.4 Å². The molecule has 0 fully saturated rings. The van der Waals surface area contributed by atoms with E-state index in [1.54, 1.807) is 24.4 Å². The molecule has 0 aliphatic rings. The van der Waals surface area contributed by atoms with Gasteiger partial charge in [-0.1, -0.05) is 17.7 Å². The van der Waals surface area contributed by atoms with Crippen LogP contribution in [0, 0.1) is 6.92 Å². The Hall–Kier alpha value is -1.99. The Morgan fingerprint density at radius 2 is 2.09 bits per heavy atom. The number of hydrogen-bond donors (Lipinski definition) is 3. The molecule has 1 aromatic carbocycles. The highest BCUT2D eigenvalue weighted by molar-refractivity contribution is 9.10. The largest absolute Gasteiger partial charge is 0.482 e. The third-order valence-corrected chi connectivity index (χ3v) is 3.42. The fraction of sp³-hybridized carbons (Fsp3) is 0.143. The molecule has 0 atom stereocenters. The molecule has 2 aromatic rings. The third-order valence-electron chi connectivity index (χ3n) is 2.65. The lowest BCUT2D eigenvalue weighted by atomic mass is 10.2. The first kappa shape index (κ1) is 16.4. The van der Waals surface area contributed by atoms with Gasteiger partial charge in [0.15, 0.2) is 6.61 Å². The molecule has 6 nitrogen and oxygen atoms in total. The molecular formula is C14H13BrClN3O3. The predicted molar refractivity (Wildman–Crippen MR) is 85.8 cm³/mol. The Morgan fingerprint density at radius 3 is 2.77 bits per heavy atom. The van der Waals surface area contributed by atoms with Crippen LogP contribution in [0.25, 0.3) is 0 Å². The summed E-state index contributed by atoms with van der Waals surface area (Å²) in [4.78, 5) is 26.1. The molecule has 116 valence electrons. The van der Waals surface area contributed by atoms with Gasteiger partial charge in [-0.05, 0) is 46.6 Å². The quantitative estimate of drug-likeness (QED) is 0.706. The zero-order valence-electron chi connectivity index (χ0n) is 11.6. The predicted octanol–water partition coefficient (Wildman–Crippen LogP) is 2.58. The molecule has 8 heteroatoms. The smallest absolute Gasteiger partial charge is 0.286 e. The van der Waals surface area contributed by atoms with Gasteiger partial charge < -0.3 is 9.72 Å². The van der Waals surface area contributed by atoms with Gasteiger partial charge in [0.2, 0.25) is 0 Å². The van der Waals surface area contributed by atoms with Crippen LogP contribution in [0.15, 0.2) is 34.9 Å². The first-order valence-electron chi connectivity index (χ1n) is 6.28. The van der Waals surface area contributed by atoms with Crippen LogP contribution in [0.1, 0.15) is 16.1 Å². The first-order chi connectivity index (χ1) is 10.5. The lowest BCUT2D eigenvalue weighted by Gasteiger charge is -2.09. The van der Waals surface area contributed by atoms with E-state index in [0.29, 0.717) is 16.5 Å². The van der Waals surface area contributed by atoms with E-state index in [-0.39, 0.29) is 6.61 Å². The van der Waals surface area contributed by atoms with Crippen LogP contribution in [0.4, 0.5) is 0 Å². The van der Waals surface area contributed by atoms with Crippen LogP contribution in [0.3, 0.4) is 0 Å². The highest BCUT2D eigenvalue weighted by atomic mass is 79.9. The second-order valence-corrected chi connectivity index (χ2v) is 5.78. The average Bonchev–Trinajstić information content (AvgIpc) is 2.92. The van der Waals surface area contributed by atoms with Gasteiger partial charge in [-0.15, -0.1) is 0 Å². The highest BCUT2D eigenvalue weighted by Crippen LogP contribution is 2.24. The van der Waals surface area contributed by atoms with Crippen molar-refractivity contribution in [1.82, 2.24) is 15.8 Å². The summed E-state index contributed by atoms with van der Waals surface area (Å²) in [6.45, 7) is 1.62. The lowest BCUT2D eigenvalue weighted by molar-refractivity contribution is -0.123. The molecule has 1 aromatic heterocycles. The van der Waals surface area contributed by atoms with Gasteiger partial charge in [-0.2, -0.15) is 0 Å². The molecule has 0 aliphatic heterocycles. The number of halogens is 2. The van der Waals surface area contributed by atoms with Crippen LogP contribution in [-0.4, -0.2) is 23.4 Å². The molecule has 0 radical (unpaired) electrons. The van der Waals surface area contributed by atoms with Crippen molar-refractivity contribution in [3.05, 3.63) is 51.2 Å². The molecule has 2 amide bonds.